The van der Waals surface area contributed by atoms with Crippen LogP contribution >= 0.6 is 11.6 Å². The zero-order chi connectivity index (χ0) is 15.9. The summed E-state index contributed by atoms with van der Waals surface area (Å²) < 4.78 is 0. The number of nitriles is 1. The lowest BCUT2D eigenvalue weighted by atomic mass is 9.99. The number of likely N-dealkylation sites (tertiary alicyclic amines) is 1. The second-order valence-corrected chi connectivity index (χ2v) is 6.09. The zero-order valence-corrected chi connectivity index (χ0v) is 13.4. The number of rotatable bonds is 4. The Morgan fingerprint density at radius 1 is 1.50 bits per heavy atom. The normalized spacial score (nSPS) is 16.2. The summed E-state index contributed by atoms with van der Waals surface area (Å²) in [5, 5.41) is 12.9. The van der Waals surface area contributed by atoms with Gasteiger partial charge in [0, 0.05) is 30.9 Å². The molecule has 1 aliphatic rings. The van der Waals surface area contributed by atoms with Crippen LogP contribution in [0.5, 0.6) is 0 Å². The van der Waals surface area contributed by atoms with Crippen LogP contribution in [0.1, 0.15) is 25.3 Å². The highest BCUT2D eigenvalue weighted by Gasteiger charge is 2.22. The molecule has 2 rings (SSSR count). The Labute approximate surface area is 136 Å². The van der Waals surface area contributed by atoms with Gasteiger partial charge in [0.25, 0.3) is 5.91 Å². The van der Waals surface area contributed by atoms with Crippen LogP contribution in [0.4, 0.5) is 0 Å². The zero-order valence-electron chi connectivity index (χ0n) is 12.7. The van der Waals surface area contributed by atoms with Crippen molar-refractivity contribution in [3.05, 3.63) is 46.6 Å². The summed E-state index contributed by atoms with van der Waals surface area (Å²) in [5.74, 6) is 0.465. The molecule has 116 valence electrons. The minimum atomic E-state index is -0.187. The smallest absolute Gasteiger partial charge is 0.265 e. The predicted molar refractivity (Wildman–Crippen MR) is 87.0 cm³/mol. The number of nitrogens with zero attached hydrogens (tertiary/aromatic N) is 2. The van der Waals surface area contributed by atoms with E-state index in [1.54, 1.807) is 4.90 Å². The molecule has 22 heavy (non-hydrogen) atoms. The molecule has 0 atom stereocenters. The van der Waals surface area contributed by atoms with Gasteiger partial charge in [-0.2, -0.15) is 5.26 Å². The molecule has 1 heterocycles. The maximum Gasteiger partial charge on any atom is 0.265 e. The van der Waals surface area contributed by atoms with Gasteiger partial charge in [-0.25, -0.2) is 0 Å². The second kappa shape index (κ2) is 7.86. The first-order valence-electron chi connectivity index (χ1n) is 7.47. The third kappa shape index (κ3) is 4.51. The first kappa shape index (κ1) is 16.4. The van der Waals surface area contributed by atoms with Gasteiger partial charge in [-0.15, -0.1) is 0 Å². The fraction of sp³-hybridized carbons (Fsp3) is 0.412. The first-order chi connectivity index (χ1) is 10.6. The highest BCUT2D eigenvalue weighted by atomic mass is 35.5. The maximum absolute atomic E-state index is 12.3. The summed E-state index contributed by atoms with van der Waals surface area (Å²) in [7, 11) is 0. The minimum absolute atomic E-state index is 0.150. The molecule has 1 N–H and O–H groups in total. The van der Waals surface area contributed by atoms with Crippen LogP contribution in [-0.4, -0.2) is 23.9 Å². The third-order valence-corrected chi connectivity index (χ3v) is 4.10. The van der Waals surface area contributed by atoms with Crippen molar-refractivity contribution >= 4 is 17.5 Å². The monoisotopic (exact) mass is 317 g/mol. The van der Waals surface area contributed by atoms with Crippen LogP contribution in [0.25, 0.3) is 0 Å². The molecule has 0 bridgehead atoms. The van der Waals surface area contributed by atoms with Gasteiger partial charge in [-0.3, -0.25) is 4.79 Å². The molecule has 0 spiro atoms. The summed E-state index contributed by atoms with van der Waals surface area (Å²) in [6.07, 6.45) is 3.50. The van der Waals surface area contributed by atoms with Gasteiger partial charge < -0.3 is 10.2 Å². The fourth-order valence-electron chi connectivity index (χ4n) is 2.44. The van der Waals surface area contributed by atoms with Crippen LogP contribution in [0.15, 0.2) is 36.0 Å². The Morgan fingerprint density at radius 2 is 2.23 bits per heavy atom. The van der Waals surface area contributed by atoms with Crippen molar-refractivity contribution in [1.82, 2.24) is 10.2 Å². The lowest BCUT2D eigenvalue weighted by molar-refractivity contribution is -0.128. The average Bonchev–Trinajstić information content (AvgIpc) is 2.52. The van der Waals surface area contributed by atoms with Gasteiger partial charge in [0.1, 0.15) is 11.6 Å². The molecule has 0 saturated carbocycles. The van der Waals surface area contributed by atoms with Crippen LogP contribution in [0.2, 0.25) is 5.02 Å². The molecular formula is C17H20ClN3O. The van der Waals surface area contributed by atoms with E-state index in [0.717, 1.165) is 31.5 Å². The fourth-order valence-corrected chi connectivity index (χ4v) is 2.65. The highest BCUT2D eigenvalue weighted by molar-refractivity contribution is 6.30. The molecule has 1 aliphatic heterocycles. The summed E-state index contributed by atoms with van der Waals surface area (Å²) >= 11 is 5.92. The molecule has 1 aromatic carbocycles. The number of carbonyl (C=O) groups excluding carboxylic acids is 1. The van der Waals surface area contributed by atoms with Crippen molar-refractivity contribution in [1.29, 1.82) is 5.26 Å². The van der Waals surface area contributed by atoms with Gasteiger partial charge in [0.15, 0.2) is 0 Å². The predicted octanol–water partition coefficient (Wildman–Crippen LogP) is 3.10. The Morgan fingerprint density at radius 3 is 2.86 bits per heavy atom. The van der Waals surface area contributed by atoms with Gasteiger partial charge in [-0.05, 0) is 36.5 Å². The Balaban J connectivity index is 1.93. The van der Waals surface area contributed by atoms with Crippen molar-refractivity contribution in [2.75, 3.05) is 13.1 Å². The standard InChI is InChI=1S/C17H20ClN3O/c1-13-5-7-21(8-6-13)17(22)15(10-19)12-20-11-14-3-2-4-16(18)9-14/h2-4,9,12-13,20H,5-8,11H2,1H3/b15-12-. The average molecular weight is 318 g/mol. The number of nitrogens with one attached hydrogen (secondary N) is 1. The summed E-state index contributed by atoms with van der Waals surface area (Å²) in [5.41, 5.74) is 1.15. The molecule has 4 nitrogen and oxygen atoms in total. The van der Waals surface area contributed by atoms with Crippen LogP contribution in [-0.2, 0) is 11.3 Å². The molecule has 0 aromatic heterocycles. The van der Waals surface area contributed by atoms with E-state index in [2.05, 4.69) is 12.2 Å². The molecule has 0 radical (unpaired) electrons. The summed E-state index contributed by atoms with van der Waals surface area (Å²) in [6, 6.07) is 9.45. The van der Waals surface area contributed by atoms with E-state index in [4.69, 9.17) is 11.6 Å². The van der Waals surface area contributed by atoms with Crippen LogP contribution < -0.4 is 5.32 Å². The lowest BCUT2D eigenvalue weighted by Gasteiger charge is -2.30. The number of hydrogen-bond donors (Lipinski definition) is 1. The molecule has 0 unspecified atom stereocenters. The van der Waals surface area contributed by atoms with E-state index in [0.29, 0.717) is 17.5 Å². The number of carbonyl (C=O) groups is 1. The maximum atomic E-state index is 12.3. The number of piperidine rings is 1. The van der Waals surface area contributed by atoms with E-state index in [-0.39, 0.29) is 11.5 Å². The number of benzene rings is 1. The molecule has 1 saturated heterocycles. The SMILES string of the molecule is CC1CCN(C(=O)/C(C#N)=C\NCc2cccc(Cl)c2)CC1. The van der Waals surface area contributed by atoms with Gasteiger partial charge in [0.05, 0.1) is 0 Å². The molecule has 1 amide bonds. The molecule has 1 fully saturated rings. The third-order valence-electron chi connectivity index (χ3n) is 3.86. The van der Waals surface area contributed by atoms with E-state index in [1.807, 2.05) is 30.3 Å². The first-order valence-corrected chi connectivity index (χ1v) is 7.85. The van der Waals surface area contributed by atoms with E-state index in [1.165, 1.54) is 6.20 Å². The van der Waals surface area contributed by atoms with E-state index in [9.17, 15) is 10.1 Å². The minimum Gasteiger partial charge on any atom is -0.386 e. The molecule has 0 aliphatic carbocycles. The van der Waals surface area contributed by atoms with Gasteiger partial charge in [-0.1, -0.05) is 30.7 Å². The van der Waals surface area contributed by atoms with Crippen molar-refractivity contribution in [2.24, 2.45) is 5.92 Å². The van der Waals surface area contributed by atoms with Crippen LogP contribution in [0.3, 0.4) is 0 Å². The molecule has 1 aromatic rings. The van der Waals surface area contributed by atoms with E-state index >= 15 is 0 Å². The van der Waals surface area contributed by atoms with Gasteiger partial charge in [0.2, 0.25) is 0 Å². The highest BCUT2D eigenvalue weighted by Crippen LogP contribution is 2.17. The topological polar surface area (TPSA) is 56.1 Å². The Hall–Kier alpha value is -1.99. The van der Waals surface area contributed by atoms with Crippen molar-refractivity contribution in [3.63, 3.8) is 0 Å². The largest absolute Gasteiger partial charge is 0.386 e. The van der Waals surface area contributed by atoms with Crippen molar-refractivity contribution < 1.29 is 4.79 Å². The number of amides is 1. The quantitative estimate of drug-likeness (QED) is 0.686. The molecule has 5 heteroatoms. The Bertz CT molecular complexity index is 598. The molecular weight excluding hydrogens is 298 g/mol. The second-order valence-electron chi connectivity index (χ2n) is 5.66. The number of hydrogen-bond acceptors (Lipinski definition) is 3. The van der Waals surface area contributed by atoms with Gasteiger partial charge >= 0.3 is 0 Å². The van der Waals surface area contributed by atoms with E-state index < -0.39 is 0 Å². The lowest BCUT2D eigenvalue weighted by Crippen LogP contribution is -2.38. The Kier molecular flexibility index (Phi) is 5.85. The summed E-state index contributed by atoms with van der Waals surface area (Å²) in [4.78, 5) is 14.1. The van der Waals surface area contributed by atoms with Crippen LogP contribution in [0, 0.1) is 17.2 Å². The van der Waals surface area contributed by atoms with Crippen molar-refractivity contribution in [3.8, 4) is 6.07 Å². The number of halogens is 1. The van der Waals surface area contributed by atoms with Crippen molar-refractivity contribution in [2.45, 2.75) is 26.3 Å². The summed E-state index contributed by atoms with van der Waals surface area (Å²) in [6.45, 7) is 4.17.